The fourth-order valence-corrected chi connectivity index (χ4v) is 4.16. The van der Waals surface area contributed by atoms with Crippen molar-refractivity contribution in [3.05, 3.63) is 36.0 Å². The van der Waals surface area contributed by atoms with Crippen molar-refractivity contribution in [1.29, 1.82) is 0 Å². The Hall–Kier alpha value is -2.35. The molecular formula is C20H28N6O2. The molecule has 2 aliphatic rings. The maximum atomic E-state index is 12.5. The maximum absolute atomic E-state index is 12.5. The van der Waals surface area contributed by atoms with Gasteiger partial charge in [0.05, 0.1) is 6.20 Å². The van der Waals surface area contributed by atoms with E-state index in [0.717, 1.165) is 63.6 Å². The monoisotopic (exact) mass is 384 g/mol. The first-order chi connectivity index (χ1) is 13.6. The SMILES string of the molecule is CC(C)c1noc(C2CCN(C3CCN(C(=O)c4cnccn4)CC3)CC2)n1. The molecule has 0 unspecified atom stereocenters. The third-order valence-corrected chi connectivity index (χ3v) is 5.90. The van der Waals surface area contributed by atoms with Gasteiger partial charge in [-0.2, -0.15) is 4.98 Å². The quantitative estimate of drug-likeness (QED) is 0.800. The van der Waals surface area contributed by atoms with E-state index in [-0.39, 0.29) is 5.91 Å². The topological polar surface area (TPSA) is 88.3 Å². The van der Waals surface area contributed by atoms with Gasteiger partial charge in [-0.25, -0.2) is 4.98 Å². The lowest BCUT2D eigenvalue weighted by Gasteiger charge is -2.41. The summed E-state index contributed by atoms with van der Waals surface area (Å²) >= 11 is 0. The molecule has 0 aliphatic carbocycles. The number of likely N-dealkylation sites (tertiary alicyclic amines) is 2. The van der Waals surface area contributed by atoms with Gasteiger partial charge in [-0.3, -0.25) is 9.78 Å². The Bertz CT molecular complexity index is 777. The number of amides is 1. The Morgan fingerprint density at radius 1 is 1.11 bits per heavy atom. The standard InChI is InChI=1S/C20H28N6O2/c1-14(2)18-23-19(28-24-18)15-3-9-25(10-4-15)16-5-11-26(12-6-16)20(27)17-13-21-7-8-22-17/h7-8,13-16H,3-6,9-12H2,1-2H3. The van der Waals surface area contributed by atoms with Crippen molar-refractivity contribution in [2.45, 2.75) is 57.4 Å². The van der Waals surface area contributed by atoms with Crippen LogP contribution in [0.3, 0.4) is 0 Å². The summed E-state index contributed by atoms with van der Waals surface area (Å²) in [5.74, 6) is 2.26. The molecule has 0 spiro atoms. The Morgan fingerprint density at radius 3 is 2.46 bits per heavy atom. The highest BCUT2D eigenvalue weighted by molar-refractivity contribution is 5.92. The Labute approximate surface area is 165 Å². The van der Waals surface area contributed by atoms with E-state index in [4.69, 9.17) is 4.52 Å². The zero-order valence-corrected chi connectivity index (χ0v) is 16.6. The Balaban J connectivity index is 1.26. The van der Waals surface area contributed by atoms with Crippen LogP contribution in [0.15, 0.2) is 23.1 Å². The largest absolute Gasteiger partial charge is 0.339 e. The summed E-state index contributed by atoms with van der Waals surface area (Å²) in [4.78, 5) is 29.7. The molecule has 0 N–H and O–H groups in total. The summed E-state index contributed by atoms with van der Waals surface area (Å²) in [6.07, 6.45) is 8.82. The second-order valence-corrected chi connectivity index (χ2v) is 8.07. The number of rotatable bonds is 4. The van der Waals surface area contributed by atoms with E-state index in [2.05, 4.69) is 38.9 Å². The Kier molecular flexibility index (Phi) is 5.66. The van der Waals surface area contributed by atoms with Crippen LogP contribution in [-0.4, -0.2) is 68.0 Å². The molecule has 0 bridgehead atoms. The predicted octanol–water partition coefficient (Wildman–Crippen LogP) is 2.47. The van der Waals surface area contributed by atoms with Crippen molar-refractivity contribution >= 4 is 5.91 Å². The molecule has 2 aliphatic heterocycles. The molecule has 0 atom stereocenters. The van der Waals surface area contributed by atoms with Crippen LogP contribution in [0.1, 0.15) is 73.6 Å². The smallest absolute Gasteiger partial charge is 0.274 e. The van der Waals surface area contributed by atoms with Crippen LogP contribution in [0, 0.1) is 0 Å². The number of hydrogen-bond donors (Lipinski definition) is 0. The normalized spacial score (nSPS) is 20.0. The third kappa shape index (κ3) is 4.06. The van der Waals surface area contributed by atoms with Crippen LogP contribution in [0.4, 0.5) is 0 Å². The zero-order chi connectivity index (χ0) is 19.5. The van der Waals surface area contributed by atoms with E-state index < -0.39 is 0 Å². The molecule has 4 heterocycles. The van der Waals surface area contributed by atoms with Gasteiger partial charge in [-0.15, -0.1) is 0 Å². The molecule has 0 radical (unpaired) electrons. The molecule has 4 rings (SSSR count). The summed E-state index contributed by atoms with van der Waals surface area (Å²) in [6, 6.07) is 0.542. The summed E-state index contributed by atoms with van der Waals surface area (Å²) in [5, 5.41) is 4.10. The van der Waals surface area contributed by atoms with Gasteiger partial charge in [-0.05, 0) is 38.8 Å². The molecule has 150 valence electrons. The van der Waals surface area contributed by atoms with Crippen molar-refractivity contribution < 1.29 is 9.32 Å². The van der Waals surface area contributed by atoms with Crippen molar-refractivity contribution in [2.24, 2.45) is 0 Å². The molecule has 1 amide bonds. The first-order valence-electron chi connectivity index (χ1n) is 10.2. The second-order valence-electron chi connectivity index (χ2n) is 8.07. The van der Waals surface area contributed by atoms with Crippen LogP contribution in [-0.2, 0) is 0 Å². The molecule has 0 aromatic carbocycles. The van der Waals surface area contributed by atoms with Crippen molar-refractivity contribution in [3.63, 3.8) is 0 Å². The van der Waals surface area contributed by atoms with Gasteiger partial charge in [0.15, 0.2) is 5.82 Å². The fourth-order valence-electron chi connectivity index (χ4n) is 4.16. The summed E-state index contributed by atoms with van der Waals surface area (Å²) in [7, 11) is 0. The lowest BCUT2D eigenvalue weighted by atomic mass is 9.93. The average molecular weight is 384 g/mol. The van der Waals surface area contributed by atoms with Gasteiger partial charge in [0.1, 0.15) is 5.69 Å². The number of carbonyl (C=O) groups excluding carboxylic acids is 1. The summed E-state index contributed by atoms with van der Waals surface area (Å²) < 4.78 is 5.49. The molecule has 28 heavy (non-hydrogen) atoms. The number of nitrogens with zero attached hydrogens (tertiary/aromatic N) is 6. The first-order valence-corrected chi connectivity index (χ1v) is 10.2. The van der Waals surface area contributed by atoms with Crippen LogP contribution in [0.25, 0.3) is 0 Å². The number of carbonyl (C=O) groups is 1. The van der Waals surface area contributed by atoms with Crippen molar-refractivity contribution in [1.82, 2.24) is 29.9 Å². The molecule has 2 aromatic heterocycles. The van der Waals surface area contributed by atoms with Crippen molar-refractivity contribution in [2.75, 3.05) is 26.2 Å². The van der Waals surface area contributed by atoms with Gasteiger partial charge in [0.2, 0.25) is 5.89 Å². The van der Waals surface area contributed by atoms with Crippen LogP contribution >= 0.6 is 0 Å². The molecule has 8 heteroatoms. The van der Waals surface area contributed by atoms with E-state index in [0.29, 0.717) is 23.6 Å². The third-order valence-electron chi connectivity index (χ3n) is 5.90. The molecule has 8 nitrogen and oxygen atoms in total. The molecule has 2 fully saturated rings. The highest BCUT2D eigenvalue weighted by Gasteiger charge is 2.32. The Morgan fingerprint density at radius 2 is 1.86 bits per heavy atom. The summed E-state index contributed by atoms with van der Waals surface area (Å²) in [5.41, 5.74) is 0.432. The fraction of sp³-hybridized carbons (Fsp3) is 0.650. The van der Waals surface area contributed by atoms with Gasteiger partial charge >= 0.3 is 0 Å². The lowest BCUT2D eigenvalue weighted by Crippen LogP contribution is -2.49. The van der Waals surface area contributed by atoms with Crippen LogP contribution < -0.4 is 0 Å². The van der Waals surface area contributed by atoms with E-state index in [1.165, 1.54) is 0 Å². The zero-order valence-electron chi connectivity index (χ0n) is 16.6. The summed E-state index contributed by atoms with van der Waals surface area (Å²) in [6.45, 7) is 7.82. The van der Waals surface area contributed by atoms with Crippen molar-refractivity contribution in [3.8, 4) is 0 Å². The maximum Gasteiger partial charge on any atom is 0.274 e. The first kappa shape index (κ1) is 19.0. The van der Waals surface area contributed by atoms with Gasteiger partial charge in [-0.1, -0.05) is 19.0 Å². The van der Waals surface area contributed by atoms with Crippen LogP contribution in [0.2, 0.25) is 0 Å². The second kappa shape index (κ2) is 8.34. The highest BCUT2D eigenvalue weighted by Crippen LogP contribution is 2.30. The van der Waals surface area contributed by atoms with E-state index >= 15 is 0 Å². The number of aromatic nitrogens is 4. The highest BCUT2D eigenvalue weighted by atomic mass is 16.5. The van der Waals surface area contributed by atoms with E-state index in [1.54, 1.807) is 18.6 Å². The van der Waals surface area contributed by atoms with E-state index in [1.807, 2.05) is 4.90 Å². The number of hydrogen-bond acceptors (Lipinski definition) is 7. The lowest BCUT2D eigenvalue weighted by molar-refractivity contribution is 0.0564. The van der Waals surface area contributed by atoms with Gasteiger partial charge in [0, 0.05) is 43.4 Å². The molecular weight excluding hydrogens is 356 g/mol. The molecule has 2 aromatic rings. The minimum absolute atomic E-state index is 0.0115. The van der Waals surface area contributed by atoms with E-state index in [9.17, 15) is 4.79 Å². The minimum Gasteiger partial charge on any atom is -0.339 e. The molecule has 2 saturated heterocycles. The van der Waals surface area contributed by atoms with Gasteiger partial charge < -0.3 is 14.3 Å². The molecule has 0 saturated carbocycles. The number of piperidine rings is 2. The van der Waals surface area contributed by atoms with Gasteiger partial charge in [0.25, 0.3) is 5.91 Å². The minimum atomic E-state index is -0.0115. The van der Waals surface area contributed by atoms with Crippen LogP contribution in [0.5, 0.6) is 0 Å². The average Bonchev–Trinajstić information content (AvgIpc) is 3.25. The predicted molar refractivity (Wildman–Crippen MR) is 103 cm³/mol.